The van der Waals surface area contributed by atoms with Gasteiger partial charge in [-0.2, -0.15) is 0 Å². The Balaban J connectivity index is 1.70. The molecule has 0 aromatic heterocycles. The molecule has 1 aromatic rings. The second-order valence-corrected chi connectivity index (χ2v) is 5.88. The summed E-state index contributed by atoms with van der Waals surface area (Å²) in [5, 5.41) is 3.18. The molecule has 1 fully saturated rings. The van der Waals surface area contributed by atoms with Gasteiger partial charge in [0.25, 0.3) is 0 Å². The molecule has 0 atom stereocenters. The van der Waals surface area contributed by atoms with Crippen LogP contribution in [0, 0.1) is 0 Å². The number of nitrogens with zero attached hydrogens (tertiary/aromatic N) is 2. The molecule has 2 rings (SSSR count). The number of anilines is 1. The molecule has 1 aromatic carbocycles. The quantitative estimate of drug-likeness (QED) is 0.796. The Bertz CT molecular complexity index is 607. The maximum atomic E-state index is 12.2. The number of rotatable bonds is 6. The molecular weight excluding hydrogens is 322 g/mol. The third-order valence-electron chi connectivity index (χ3n) is 4.12. The first kappa shape index (κ1) is 18.8. The van der Waals surface area contributed by atoms with Crippen LogP contribution >= 0.6 is 0 Å². The van der Waals surface area contributed by atoms with E-state index in [1.54, 1.807) is 28.9 Å². The lowest BCUT2D eigenvalue weighted by Gasteiger charge is -2.34. The van der Waals surface area contributed by atoms with Crippen molar-refractivity contribution < 1.29 is 19.1 Å². The van der Waals surface area contributed by atoms with Gasteiger partial charge in [0.2, 0.25) is 5.91 Å². The van der Waals surface area contributed by atoms with Crippen LogP contribution in [0.3, 0.4) is 0 Å². The van der Waals surface area contributed by atoms with Crippen LogP contribution in [0.4, 0.5) is 10.5 Å². The molecule has 0 aliphatic carbocycles. The molecule has 1 aliphatic heterocycles. The van der Waals surface area contributed by atoms with Gasteiger partial charge in [-0.15, -0.1) is 0 Å². The maximum absolute atomic E-state index is 12.2. The van der Waals surface area contributed by atoms with E-state index in [-0.39, 0.29) is 17.8 Å². The van der Waals surface area contributed by atoms with E-state index in [9.17, 15) is 14.4 Å². The maximum Gasteiger partial charge on any atom is 0.409 e. The minimum Gasteiger partial charge on any atom is -0.450 e. The highest BCUT2D eigenvalue weighted by atomic mass is 16.6. The van der Waals surface area contributed by atoms with E-state index in [0.29, 0.717) is 51.3 Å². The summed E-state index contributed by atoms with van der Waals surface area (Å²) in [5.74, 6) is 0.0973. The number of nitrogens with one attached hydrogen (secondary N) is 1. The Kier molecular flexibility index (Phi) is 6.80. The van der Waals surface area contributed by atoms with Crippen LogP contribution in [-0.2, 0) is 9.53 Å². The van der Waals surface area contributed by atoms with Gasteiger partial charge in [0.15, 0.2) is 5.78 Å². The SMILES string of the molecule is CCOC(=O)N1CCN(C(=O)CCNc2ccc(C(C)=O)cc2)CC1. The predicted molar refractivity (Wildman–Crippen MR) is 94.7 cm³/mol. The molecule has 1 N–H and O–H groups in total. The summed E-state index contributed by atoms with van der Waals surface area (Å²) < 4.78 is 4.97. The van der Waals surface area contributed by atoms with Crippen LogP contribution in [0.1, 0.15) is 30.6 Å². The van der Waals surface area contributed by atoms with Gasteiger partial charge in [-0.25, -0.2) is 4.79 Å². The molecule has 0 radical (unpaired) electrons. The Labute approximate surface area is 147 Å². The second kappa shape index (κ2) is 9.05. The van der Waals surface area contributed by atoms with E-state index in [0.717, 1.165) is 5.69 Å². The van der Waals surface area contributed by atoms with Crippen molar-refractivity contribution in [1.29, 1.82) is 0 Å². The molecule has 0 saturated carbocycles. The smallest absolute Gasteiger partial charge is 0.409 e. The molecule has 1 heterocycles. The molecular formula is C18H25N3O4. The molecule has 136 valence electrons. The highest BCUT2D eigenvalue weighted by Crippen LogP contribution is 2.11. The number of ketones is 1. The summed E-state index contributed by atoms with van der Waals surface area (Å²) in [4.78, 5) is 38.5. The van der Waals surface area contributed by atoms with Crippen LogP contribution in [-0.4, -0.2) is 66.9 Å². The van der Waals surface area contributed by atoms with Gasteiger partial charge in [-0.05, 0) is 38.1 Å². The van der Waals surface area contributed by atoms with Gasteiger partial charge in [-0.1, -0.05) is 0 Å². The molecule has 7 heteroatoms. The van der Waals surface area contributed by atoms with Gasteiger partial charge in [0, 0.05) is 50.4 Å². The van der Waals surface area contributed by atoms with Crippen LogP contribution < -0.4 is 5.32 Å². The van der Waals surface area contributed by atoms with Gasteiger partial charge in [0.05, 0.1) is 6.61 Å². The topological polar surface area (TPSA) is 79.0 Å². The van der Waals surface area contributed by atoms with E-state index in [1.807, 2.05) is 12.1 Å². The lowest BCUT2D eigenvalue weighted by Crippen LogP contribution is -2.50. The summed E-state index contributed by atoms with van der Waals surface area (Å²) in [6.07, 6.45) is 0.0682. The lowest BCUT2D eigenvalue weighted by atomic mass is 10.1. The number of amides is 2. The van der Waals surface area contributed by atoms with Crippen LogP contribution in [0.15, 0.2) is 24.3 Å². The van der Waals surface area contributed by atoms with Crippen LogP contribution in [0.2, 0.25) is 0 Å². The fourth-order valence-electron chi connectivity index (χ4n) is 2.65. The standard InChI is InChI=1S/C18H25N3O4/c1-3-25-18(24)21-12-10-20(11-13-21)17(23)8-9-19-16-6-4-15(5-7-16)14(2)22/h4-7,19H,3,8-13H2,1-2H3. The van der Waals surface area contributed by atoms with E-state index in [1.165, 1.54) is 6.92 Å². The second-order valence-electron chi connectivity index (χ2n) is 5.88. The number of Topliss-reactive ketones (excluding diaryl/α,β-unsaturated/α-hetero) is 1. The first-order valence-corrected chi connectivity index (χ1v) is 8.55. The first-order chi connectivity index (χ1) is 12.0. The summed E-state index contributed by atoms with van der Waals surface area (Å²) in [6.45, 7) is 6.26. The van der Waals surface area contributed by atoms with Crippen molar-refractivity contribution >= 4 is 23.5 Å². The van der Waals surface area contributed by atoms with Crippen molar-refractivity contribution in [3.05, 3.63) is 29.8 Å². The Morgan fingerprint density at radius 3 is 2.20 bits per heavy atom. The first-order valence-electron chi connectivity index (χ1n) is 8.55. The summed E-state index contributed by atoms with van der Waals surface area (Å²) in [5.41, 5.74) is 1.55. The van der Waals surface area contributed by atoms with Crippen molar-refractivity contribution in [3.63, 3.8) is 0 Å². The van der Waals surface area contributed by atoms with Crippen molar-refractivity contribution in [2.24, 2.45) is 0 Å². The normalized spacial score (nSPS) is 14.2. The molecule has 2 amide bonds. The number of piperazine rings is 1. The fraction of sp³-hybridized carbons (Fsp3) is 0.500. The van der Waals surface area contributed by atoms with Gasteiger partial charge >= 0.3 is 6.09 Å². The Hall–Kier alpha value is -2.57. The average Bonchev–Trinajstić information content (AvgIpc) is 2.62. The summed E-state index contributed by atoms with van der Waals surface area (Å²) in [6, 6.07) is 7.20. The van der Waals surface area contributed by atoms with Crippen molar-refractivity contribution in [1.82, 2.24) is 9.80 Å². The zero-order valence-corrected chi connectivity index (χ0v) is 14.8. The number of hydrogen-bond donors (Lipinski definition) is 1. The van der Waals surface area contributed by atoms with Gasteiger partial charge in [0.1, 0.15) is 0 Å². The molecule has 7 nitrogen and oxygen atoms in total. The highest BCUT2D eigenvalue weighted by Gasteiger charge is 2.24. The van der Waals surface area contributed by atoms with E-state index in [2.05, 4.69) is 5.32 Å². The average molecular weight is 347 g/mol. The minimum atomic E-state index is -0.315. The molecule has 1 saturated heterocycles. The Morgan fingerprint density at radius 2 is 1.64 bits per heavy atom. The number of carbonyl (C=O) groups excluding carboxylic acids is 3. The number of carbonyl (C=O) groups is 3. The summed E-state index contributed by atoms with van der Waals surface area (Å²) in [7, 11) is 0. The minimum absolute atomic E-state index is 0.0312. The summed E-state index contributed by atoms with van der Waals surface area (Å²) >= 11 is 0. The number of ether oxygens (including phenoxy) is 1. The third kappa shape index (κ3) is 5.48. The predicted octanol–water partition coefficient (Wildman–Crippen LogP) is 1.99. The third-order valence-corrected chi connectivity index (χ3v) is 4.12. The van der Waals surface area contributed by atoms with Crippen molar-refractivity contribution in [3.8, 4) is 0 Å². The highest BCUT2D eigenvalue weighted by molar-refractivity contribution is 5.94. The molecule has 0 bridgehead atoms. The molecule has 1 aliphatic rings. The largest absolute Gasteiger partial charge is 0.450 e. The van der Waals surface area contributed by atoms with Crippen molar-refractivity contribution in [2.75, 3.05) is 44.6 Å². The zero-order valence-electron chi connectivity index (χ0n) is 14.8. The van der Waals surface area contributed by atoms with Crippen LogP contribution in [0.5, 0.6) is 0 Å². The monoisotopic (exact) mass is 347 g/mol. The molecule has 0 unspecified atom stereocenters. The number of benzene rings is 1. The molecule has 0 spiro atoms. The van der Waals surface area contributed by atoms with Crippen molar-refractivity contribution in [2.45, 2.75) is 20.3 Å². The lowest BCUT2D eigenvalue weighted by molar-refractivity contribution is -0.132. The number of hydrogen-bond acceptors (Lipinski definition) is 5. The van der Waals surface area contributed by atoms with Crippen LogP contribution in [0.25, 0.3) is 0 Å². The zero-order chi connectivity index (χ0) is 18.2. The van der Waals surface area contributed by atoms with E-state index < -0.39 is 0 Å². The molecule has 25 heavy (non-hydrogen) atoms. The van der Waals surface area contributed by atoms with E-state index >= 15 is 0 Å². The van der Waals surface area contributed by atoms with E-state index in [4.69, 9.17) is 4.74 Å². The van der Waals surface area contributed by atoms with Gasteiger partial charge in [-0.3, -0.25) is 9.59 Å². The fourth-order valence-corrected chi connectivity index (χ4v) is 2.65. The van der Waals surface area contributed by atoms with Gasteiger partial charge < -0.3 is 19.9 Å². The Morgan fingerprint density at radius 1 is 1.04 bits per heavy atom.